The topological polar surface area (TPSA) is 41.6 Å². The van der Waals surface area contributed by atoms with E-state index in [9.17, 15) is 4.79 Å². The quantitative estimate of drug-likeness (QED) is 0.932. The highest BCUT2D eigenvalue weighted by Crippen LogP contribution is 2.26. The second-order valence-electron chi connectivity index (χ2n) is 5.88. The molecule has 0 atom stereocenters. The molecule has 120 valence electrons. The molecule has 0 saturated carbocycles. The van der Waals surface area contributed by atoms with E-state index in [0.29, 0.717) is 11.3 Å². The zero-order valence-electron chi connectivity index (χ0n) is 13.6. The average molecular weight is 310 g/mol. The van der Waals surface area contributed by atoms with Gasteiger partial charge in [0.25, 0.3) is 5.91 Å². The molecule has 1 amide bonds. The molecule has 1 heterocycles. The van der Waals surface area contributed by atoms with Crippen molar-refractivity contribution in [2.24, 2.45) is 0 Å². The molecular weight excluding hydrogens is 288 g/mol. The lowest BCUT2D eigenvalue weighted by molar-refractivity contribution is 0.102. The highest BCUT2D eigenvalue weighted by Gasteiger charge is 2.14. The third kappa shape index (κ3) is 3.47. The van der Waals surface area contributed by atoms with Crippen LogP contribution in [0.25, 0.3) is 0 Å². The van der Waals surface area contributed by atoms with Crippen LogP contribution in [0, 0.1) is 6.92 Å². The lowest BCUT2D eigenvalue weighted by Crippen LogP contribution is -2.18. The van der Waals surface area contributed by atoms with E-state index in [0.717, 1.165) is 24.3 Å². The fourth-order valence-corrected chi connectivity index (χ4v) is 2.92. The first-order valence-corrected chi connectivity index (χ1v) is 7.98. The number of anilines is 2. The zero-order valence-corrected chi connectivity index (χ0v) is 13.6. The van der Waals surface area contributed by atoms with Crippen molar-refractivity contribution in [1.82, 2.24) is 0 Å². The highest BCUT2D eigenvalue weighted by molar-refractivity contribution is 6.05. The van der Waals surface area contributed by atoms with Gasteiger partial charge in [0.1, 0.15) is 5.75 Å². The Hall–Kier alpha value is -2.49. The molecule has 0 bridgehead atoms. The van der Waals surface area contributed by atoms with Crippen LogP contribution in [-0.2, 0) is 0 Å². The van der Waals surface area contributed by atoms with E-state index in [1.807, 2.05) is 25.1 Å². The molecule has 0 aliphatic carbocycles. The SMILES string of the molecule is COc1cccc(C(=O)Nc2ccc(N3CCCC3)cc2C)c1. The molecule has 1 aliphatic heterocycles. The second-order valence-corrected chi connectivity index (χ2v) is 5.88. The minimum Gasteiger partial charge on any atom is -0.497 e. The molecule has 23 heavy (non-hydrogen) atoms. The Labute approximate surface area is 137 Å². The van der Waals surface area contributed by atoms with Gasteiger partial charge in [0, 0.05) is 30.0 Å². The van der Waals surface area contributed by atoms with Crippen molar-refractivity contribution in [2.75, 3.05) is 30.4 Å². The largest absolute Gasteiger partial charge is 0.497 e. The molecule has 0 radical (unpaired) electrons. The first kappa shape index (κ1) is 15.4. The van der Waals surface area contributed by atoms with Crippen LogP contribution in [0.5, 0.6) is 5.75 Å². The molecule has 1 saturated heterocycles. The summed E-state index contributed by atoms with van der Waals surface area (Å²) in [6.45, 7) is 4.27. The summed E-state index contributed by atoms with van der Waals surface area (Å²) in [5, 5.41) is 2.98. The summed E-state index contributed by atoms with van der Waals surface area (Å²) in [5.41, 5.74) is 3.75. The number of aryl methyl sites for hydroxylation is 1. The van der Waals surface area contributed by atoms with E-state index >= 15 is 0 Å². The zero-order chi connectivity index (χ0) is 16.2. The van der Waals surface area contributed by atoms with Crippen molar-refractivity contribution in [3.63, 3.8) is 0 Å². The first-order valence-electron chi connectivity index (χ1n) is 7.98. The van der Waals surface area contributed by atoms with Crippen LogP contribution in [-0.4, -0.2) is 26.1 Å². The van der Waals surface area contributed by atoms with Crippen LogP contribution >= 0.6 is 0 Å². The van der Waals surface area contributed by atoms with Crippen molar-refractivity contribution in [1.29, 1.82) is 0 Å². The number of ether oxygens (including phenoxy) is 1. The van der Waals surface area contributed by atoms with E-state index in [1.54, 1.807) is 19.2 Å². The third-order valence-electron chi connectivity index (χ3n) is 4.26. The molecule has 4 nitrogen and oxygen atoms in total. The number of amides is 1. The van der Waals surface area contributed by atoms with Gasteiger partial charge in [0.05, 0.1) is 7.11 Å². The molecule has 1 aliphatic rings. The summed E-state index contributed by atoms with van der Waals surface area (Å²) >= 11 is 0. The summed E-state index contributed by atoms with van der Waals surface area (Å²) in [5.74, 6) is 0.555. The standard InChI is InChI=1S/C19H22N2O2/c1-14-12-16(21-10-3-4-11-21)8-9-18(14)20-19(22)15-6-5-7-17(13-15)23-2/h5-9,12-13H,3-4,10-11H2,1-2H3,(H,20,22). The number of nitrogens with zero attached hydrogens (tertiary/aromatic N) is 1. The van der Waals surface area contributed by atoms with E-state index in [1.165, 1.54) is 18.5 Å². The van der Waals surface area contributed by atoms with Crippen LogP contribution in [0.4, 0.5) is 11.4 Å². The average Bonchev–Trinajstić information content (AvgIpc) is 3.11. The molecule has 0 aromatic heterocycles. The maximum atomic E-state index is 12.4. The Bertz CT molecular complexity index is 706. The van der Waals surface area contributed by atoms with Crippen molar-refractivity contribution < 1.29 is 9.53 Å². The lowest BCUT2D eigenvalue weighted by atomic mass is 10.1. The number of rotatable bonds is 4. The van der Waals surface area contributed by atoms with E-state index in [-0.39, 0.29) is 5.91 Å². The number of carbonyl (C=O) groups is 1. The number of methoxy groups -OCH3 is 1. The van der Waals surface area contributed by atoms with Crippen LogP contribution < -0.4 is 15.0 Å². The summed E-state index contributed by atoms with van der Waals surface area (Å²) < 4.78 is 5.17. The highest BCUT2D eigenvalue weighted by atomic mass is 16.5. The first-order chi connectivity index (χ1) is 11.2. The molecule has 2 aromatic carbocycles. The van der Waals surface area contributed by atoms with Gasteiger partial charge >= 0.3 is 0 Å². The fourth-order valence-electron chi connectivity index (χ4n) is 2.92. The maximum Gasteiger partial charge on any atom is 0.255 e. The van der Waals surface area contributed by atoms with Gasteiger partial charge in [-0.1, -0.05) is 6.07 Å². The Morgan fingerprint density at radius 2 is 1.91 bits per heavy atom. The number of hydrogen-bond acceptors (Lipinski definition) is 3. The molecule has 3 rings (SSSR count). The smallest absolute Gasteiger partial charge is 0.255 e. The Balaban J connectivity index is 1.75. The molecule has 0 spiro atoms. The van der Waals surface area contributed by atoms with Gasteiger partial charge in [-0.3, -0.25) is 4.79 Å². The third-order valence-corrected chi connectivity index (χ3v) is 4.26. The number of benzene rings is 2. The monoisotopic (exact) mass is 310 g/mol. The second kappa shape index (κ2) is 6.73. The van der Waals surface area contributed by atoms with Crippen LogP contribution in [0.1, 0.15) is 28.8 Å². The molecule has 0 unspecified atom stereocenters. The van der Waals surface area contributed by atoms with Gasteiger partial charge in [0.2, 0.25) is 0 Å². The Morgan fingerprint density at radius 3 is 2.61 bits per heavy atom. The van der Waals surface area contributed by atoms with Crippen molar-refractivity contribution >= 4 is 17.3 Å². The lowest BCUT2D eigenvalue weighted by Gasteiger charge is -2.19. The van der Waals surface area contributed by atoms with Gasteiger partial charge in [-0.2, -0.15) is 0 Å². The van der Waals surface area contributed by atoms with Crippen molar-refractivity contribution in [3.05, 3.63) is 53.6 Å². The maximum absolute atomic E-state index is 12.4. The van der Waals surface area contributed by atoms with Gasteiger partial charge in [-0.25, -0.2) is 0 Å². The molecular formula is C19H22N2O2. The normalized spacial score (nSPS) is 13.9. The summed E-state index contributed by atoms with van der Waals surface area (Å²) in [6.07, 6.45) is 2.51. The summed E-state index contributed by atoms with van der Waals surface area (Å²) in [6, 6.07) is 13.4. The predicted molar refractivity (Wildman–Crippen MR) is 93.6 cm³/mol. The minimum absolute atomic E-state index is 0.124. The van der Waals surface area contributed by atoms with Crippen molar-refractivity contribution in [3.8, 4) is 5.75 Å². The van der Waals surface area contributed by atoms with Crippen LogP contribution in [0.2, 0.25) is 0 Å². The summed E-state index contributed by atoms with van der Waals surface area (Å²) in [7, 11) is 1.60. The molecule has 2 aromatic rings. The van der Waals surface area contributed by atoms with E-state index in [4.69, 9.17) is 4.74 Å². The van der Waals surface area contributed by atoms with E-state index in [2.05, 4.69) is 22.3 Å². The predicted octanol–water partition coefficient (Wildman–Crippen LogP) is 3.86. The molecule has 1 N–H and O–H groups in total. The summed E-state index contributed by atoms with van der Waals surface area (Å²) in [4.78, 5) is 14.8. The van der Waals surface area contributed by atoms with Crippen LogP contribution in [0.3, 0.4) is 0 Å². The molecule has 4 heteroatoms. The van der Waals surface area contributed by atoms with Gasteiger partial charge in [-0.15, -0.1) is 0 Å². The number of hydrogen-bond donors (Lipinski definition) is 1. The van der Waals surface area contributed by atoms with Crippen LogP contribution in [0.15, 0.2) is 42.5 Å². The fraction of sp³-hybridized carbons (Fsp3) is 0.316. The van der Waals surface area contributed by atoms with Gasteiger partial charge < -0.3 is 15.0 Å². The Kier molecular flexibility index (Phi) is 4.51. The Morgan fingerprint density at radius 1 is 1.13 bits per heavy atom. The van der Waals surface area contributed by atoms with Gasteiger partial charge in [-0.05, 0) is 61.7 Å². The molecule has 1 fully saturated rings. The number of nitrogens with one attached hydrogen (secondary N) is 1. The van der Waals surface area contributed by atoms with Crippen molar-refractivity contribution in [2.45, 2.75) is 19.8 Å². The van der Waals surface area contributed by atoms with E-state index < -0.39 is 0 Å². The number of carbonyl (C=O) groups excluding carboxylic acids is 1. The minimum atomic E-state index is -0.124. The van der Waals surface area contributed by atoms with Gasteiger partial charge in [0.15, 0.2) is 0 Å².